The number of hydrogen-bond acceptors (Lipinski definition) is 3. The van der Waals surface area contributed by atoms with Crippen molar-refractivity contribution in [1.82, 2.24) is 0 Å². The van der Waals surface area contributed by atoms with Gasteiger partial charge in [0.1, 0.15) is 6.29 Å². The lowest BCUT2D eigenvalue weighted by Gasteiger charge is -1.92. The molecular formula is C17H21NO2. The van der Waals surface area contributed by atoms with Gasteiger partial charge in [-0.3, -0.25) is 9.59 Å². The number of aldehydes is 2. The fourth-order valence-electron chi connectivity index (χ4n) is 1.36. The molecule has 0 bridgehead atoms. The van der Waals surface area contributed by atoms with E-state index in [4.69, 9.17) is 5.73 Å². The van der Waals surface area contributed by atoms with Gasteiger partial charge in [0.15, 0.2) is 6.29 Å². The fourth-order valence-corrected chi connectivity index (χ4v) is 1.36. The van der Waals surface area contributed by atoms with Crippen molar-refractivity contribution in [3.63, 3.8) is 0 Å². The smallest absolute Gasteiger partial charge is 0.152 e. The number of anilines is 1. The SMILES string of the molecule is CC.Cc1cccc(C=O)c1.Nc1ccccc1C=O. The summed E-state index contributed by atoms with van der Waals surface area (Å²) in [6.45, 7) is 5.97. The second kappa shape index (κ2) is 10.5. The molecule has 0 aromatic heterocycles. The van der Waals surface area contributed by atoms with Crippen LogP contribution in [0, 0.1) is 6.92 Å². The zero-order valence-corrected chi connectivity index (χ0v) is 12.2. The first-order valence-electron chi connectivity index (χ1n) is 6.49. The minimum absolute atomic E-state index is 0.535. The molecule has 0 aliphatic carbocycles. The first-order chi connectivity index (χ1) is 9.67. The highest BCUT2D eigenvalue weighted by molar-refractivity contribution is 5.82. The third-order valence-electron chi connectivity index (χ3n) is 2.30. The van der Waals surface area contributed by atoms with Gasteiger partial charge in [0, 0.05) is 16.8 Å². The van der Waals surface area contributed by atoms with Gasteiger partial charge in [-0.15, -0.1) is 0 Å². The topological polar surface area (TPSA) is 60.2 Å². The molecule has 0 atom stereocenters. The summed E-state index contributed by atoms with van der Waals surface area (Å²) in [6, 6.07) is 14.4. The summed E-state index contributed by atoms with van der Waals surface area (Å²) in [4.78, 5) is 20.3. The average molecular weight is 271 g/mol. The first-order valence-corrected chi connectivity index (χ1v) is 6.49. The molecule has 2 aromatic carbocycles. The zero-order chi connectivity index (χ0) is 15.4. The molecule has 3 heteroatoms. The minimum atomic E-state index is 0.535. The Morgan fingerprint density at radius 1 is 0.900 bits per heavy atom. The monoisotopic (exact) mass is 271 g/mol. The number of rotatable bonds is 2. The van der Waals surface area contributed by atoms with Crippen molar-refractivity contribution in [3.8, 4) is 0 Å². The van der Waals surface area contributed by atoms with E-state index in [0.29, 0.717) is 11.3 Å². The third-order valence-corrected chi connectivity index (χ3v) is 2.30. The summed E-state index contributed by atoms with van der Waals surface area (Å²) < 4.78 is 0. The van der Waals surface area contributed by atoms with E-state index in [9.17, 15) is 9.59 Å². The molecule has 0 amide bonds. The quantitative estimate of drug-likeness (QED) is 0.665. The highest BCUT2D eigenvalue weighted by Gasteiger charge is 1.91. The highest BCUT2D eigenvalue weighted by Crippen LogP contribution is 2.05. The number of benzene rings is 2. The Hall–Kier alpha value is -2.42. The Bertz CT molecular complexity index is 536. The van der Waals surface area contributed by atoms with Crippen molar-refractivity contribution < 1.29 is 9.59 Å². The predicted octanol–water partition coefficient (Wildman–Crippen LogP) is 3.92. The molecule has 2 N–H and O–H groups in total. The van der Waals surface area contributed by atoms with Crippen LogP contribution in [0.1, 0.15) is 40.1 Å². The number of carbonyl (C=O) groups is 2. The number of carbonyl (C=O) groups excluding carboxylic acids is 2. The van der Waals surface area contributed by atoms with Crippen molar-refractivity contribution >= 4 is 18.3 Å². The van der Waals surface area contributed by atoms with Crippen LogP contribution >= 0.6 is 0 Å². The number of aryl methyl sites for hydroxylation is 1. The van der Waals surface area contributed by atoms with Gasteiger partial charge in [-0.2, -0.15) is 0 Å². The van der Waals surface area contributed by atoms with E-state index in [1.165, 1.54) is 0 Å². The van der Waals surface area contributed by atoms with E-state index in [-0.39, 0.29) is 0 Å². The van der Waals surface area contributed by atoms with Crippen LogP contribution in [0.5, 0.6) is 0 Å². The van der Waals surface area contributed by atoms with Crippen molar-refractivity contribution in [2.45, 2.75) is 20.8 Å². The molecule has 0 aliphatic rings. The Labute approximate surface area is 120 Å². The molecular weight excluding hydrogens is 250 g/mol. The lowest BCUT2D eigenvalue weighted by atomic mass is 10.2. The van der Waals surface area contributed by atoms with E-state index in [0.717, 1.165) is 23.7 Å². The van der Waals surface area contributed by atoms with Crippen LogP contribution in [0.2, 0.25) is 0 Å². The summed E-state index contributed by atoms with van der Waals surface area (Å²) in [5.74, 6) is 0. The van der Waals surface area contributed by atoms with Gasteiger partial charge in [-0.25, -0.2) is 0 Å². The van der Waals surface area contributed by atoms with E-state index < -0.39 is 0 Å². The Balaban J connectivity index is 0.000000321. The third kappa shape index (κ3) is 6.50. The van der Waals surface area contributed by atoms with E-state index >= 15 is 0 Å². The number of nitrogen functional groups attached to an aromatic ring is 1. The molecule has 20 heavy (non-hydrogen) atoms. The Morgan fingerprint density at radius 2 is 1.55 bits per heavy atom. The molecule has 0 saturated carbocycles. The fraction of sp³-hybridized carbons (Fsp3) is 0.176. The second-order valence-electron chi connectivity index (χ2n) is 3.78. The Morgan fingerprint density at radius 3 is 1.95 bits per heavy atom. The Kier molecular flexibility index (Phi) is 9.23. The second-order valence-corrected chi connectivity index (χ2v) is 3.78. The molecule has 0 unspecified atom stereocenters. The van der Waals surface area contributed by atoms with Crippen molar-refractivity contribution in [2.75, 3.05) is 5.73 Å². The number of hydrogen-bond donors (Lipinski definition) is 1. The van der Waals surface area contributed by atoms with Gasteiger partial charge < -0.3 is 5.73 Å². The molecule has 0 fully saturated rings. The van der Waals surface area contributed by atoms with Gasteiger partial charge in [0.05, 0.1) is 0 Å². The van der Waals surface area contributed by atoms with Crippen molar-refractivity contribution in [3.05, 3.63) is 65.2 Å². The molecule has 0 heterocycles. The molecule has 0 spiro atoms. The normalized spacial score (nSPS) is 8.35. The van der Waals surface area contributed by atoms with Gasteiger partial charge in [0.25, 0.3) is 0 Å². The maximum atomic E-state index is 10.2. The summed E-state index contributed by atoms with van der Waals surface area (Å²) >= 11 is 0. The largest absolute Gasteiger partial charge is 0.398 e. The number of para-hydroxylation sites is 1. The summed E-state index contributed by atoms with van der Waals surface area (Å²) in [5.41, 5.74) is 8.36. The lowest BCUT2D eigenvalue weighted by Crippen LogP contribution is -1.90. The summed E-state index contributed by atoms with van der Waals surface area (Å²) in [6.07, 6.45) is 1.60. The van der Waals surface area contributed by atoms with Gasteiger partial charge in [-0.05, 0) is 25.1 Å². The van der Waals surface area contributed by atoms with E-state index in [2.05, 4.69) is 0 Å². The maximum Gasteiger partial charge on any atom is 0.152 e. The average Bonchev–Trinajstić information content (AvgIpc) is 2.50. The van der Waals surface area contributed by atoms with Crippen molar-refractivity contribution in [2.24, 2.45) is 0 Å². The predicted molar refractivity (Wildman–Crippen MR) is 84.2 cm³/mol. The van der Waals surface area contributed by atoms with Crippen LogP contribution in [-0.4, -0.2) is 12.6 Å². The maximum absolute atomic E-state index is 10.2. The lowest BCUT2D eigenvalue weighted by molar-refractivity contribution is 0.111. The molecule has 2 aromatic rings. The van der Waals surface area contributed by atoms with Crippen LogP contribution in [0.4, 0.5) is 5.69 Å². The van der Waals surface area contributed by atoms with E-state index in [1.54, 1.807) is 30.3 Å². The van der Waals surface area contributed by atoms with Crippen LogP contribution in [0.15, 0.2) is 48.5 Å². The van der Waals surface area contributed by atoms with Crippen LogP contribution in [-0.2, 0) is 0 Å². The summed E-state index contributed by atoms with van der Waals surface area (Å²) in [7, 11) is 0. The van der Waals surface area contributed by atoms with Gasteiger partial charge in [-0.1, -0.05) is 49.7 Å². The molecule has 2 rings (SSSR count). The first kappa shape index (κ1) is 17.6. The summed E-state index contributed by atoms with van der Waals surface area (Å²) in [5, 5.41) is 0. The van der Waals surface area contributed by atoms with Crippen LogP contribution in [0.25, 0.3) is 0 Å². The van der Waals surface area contributed by atoms with Gasteiger partial charge in [0.2, 0.25) is 0 Å². The van der Waals surface area contributed by atoms with Gasteiger partial charge >= 0.3 is 0 Å². The van der Waals surface area contributed by atoms with Crippen LogP contribution < -0.4 is 5.73 Å². The van der Waals surface area contributed by atoms with Crippen molar-refractivity contribution in [1.29, 1.82) is 0 Å². The zero-order valence-electron chi connectivity index (χ0n) is 12.2. The van der Waals surface area contributed by atoms with E-state index in [1.807, 2.05) is 39.0 Å². The van der Waals surface area contributed by atoms with Crippen LogP contribution in [0.3, 0.4) is 0 Å². The minimum Gasteiger partial charge on any atom is -0.398 e. The highest BCUT2D eigenvalue weighted by atomic mass is 16.1. The molecule has 3 nitrogen and oxygen atoms in total. The molecule has 0 saturated heterocycles. The molecule has 0 radical (unpaired) electrons. The number of nitrogens with two attached hydrogens (primary N) is 1. The molecule has 0 aliphatic heterocycles. The standard InChI is InChI=1S/C8H8O.C7H7NO.C2H6/c1-7-3-2-4-8(5-7)6-9;8-7-4-2-1-3-6(7)5-9;1-2/h2-6H,1H3;1-5H,8H2;1-2H3. The molecule has 106 valence electrons.